The van der Waals surface area contributed by atoms with E-state index in [-0.39, 0.29) is 11.4 Å². The van der Waals surface area contributed by atoms with Crippen LogP contribution in [0.2, 0.25) is 0 Å². The topological polar surface area (TPSA) is 109 Å². The highest BCUT2D eigenvalue weighted by atomic mass is 32.2. The van der Waals surface area contributed by atoms with Crippen molar-refractivity contribution in [2.24, 2.45) is 10.1 Å². The zero-order valence-electron chi connectivity index (χ0n) is 20.0. The van der Waals surface area contributed by atoms with Crippen LogP contribution in [-0.2, 0) is 4.79 Å². The monoisotopic (exact) mass is 513 g/mol. The highest BCUT2D eigenvalue weighted by molar-refractivity contribution is 8.27. The molecule has 1 amide bonds. The zero-order chi connectivity index (χ0) is 25.6. The summed E-state index contributed by atoms with van der Waals surface area (Å²) in [7, 11) is 1.61. The molecule has 186 valence electrons. The first kappa shape index (κ1) is 24.3. The first-order chi connectivity index (χ1) is 18.1. The number of amides is 1. The highest BCUT2D eigenvalue weighted by Gasteiger charge is 2.36. The average Bonchev–Trinajstić information content (AvgIpc) is 3.36. The number of ether oxygens (including phenoxy) is 3. The number of amidine groups is 2. The Balaban J connectivity index is 1.17. The molecule has 0 atom stereocenters. The molecule has 2 aromatic carbocycles. The summed E-state index contributed by atoms with van der Waals surface area (Å²) >= 11 is 1.24. The normalized spacial score (nSPS) is 15.8. The van der Waals surface area contributed by atoms with Gasteiger partial charge in [-0.2, -0.15) is 15.1 Å². The van der Waals surface area contributed by atoms with Gasteiger partial charge in [0.1, 0.15) is 10.8 Å². The molecule has 0 bridgehead atoms. The van der Waals surface area contributed by atoms with Crippen LogP contribution in [0.1, 0.15) is 17.5 Å². The molecule has 3 heterocycles. The molecule has 1 aromatic heterocycles. The van der Waals surface area contributed by atoms with Crippen molar-refractivity contribution in [1.29, 1.82) is 5.41 Å². The van der Waals surface area contributed by atoms with Gasteiger partial charge in [0.15, 0.2) is 17.3 Å². The standard InChI is InChI=1S/C27H23N5O4S/c1-34-22-7-2-3-8-23(22)36-15-5-14-35-20-11-9-18(10-12-20)16-21-24(28)32-27(30-25(21)33)37-26(31-32)19-6-4-13-29-17-19/h2-4,6-13,16-17,28H,5,14-15H2,1H3/b21-16-,28-24?. The zero-order valence-corrected chi connectivity index (χ0v) is 20.8. The lowest BCUT2D eigenvalue weighted by atomic mass is 10.1. The number of carbonyl (C=O) groups excluding carboxylic acids is 1. The summed E-state index contributed by atoms with van der Waals surface area (Å²) in [4.78, 5) is 20.9. The van der Waals surface area contributed by atoms with Crippen LogP contribution in [0.25, 0.3) is 6.08 Å². The minimum Gasteiger partial charge on any atom is -0.493 e. The molecule has 2 aliphatic heterocycles. The van der Waals surface area contributed by atoms with E-state index in [1.165, 1.54) is 16.8 Å². The molecule has 0 fully saturated rings. The Morgan fingerprint density at radius 3 is 2.54 bits per heavy atom. The molecule has 0 aliphatic carbocycles. The van der Waals surface area contributed by atoms with Gasteiger partial charge in [0.2, 0.25) is 5.17 Å². The summed E-state index contributed by atoms with van der Waals surface area (Å²) in [5, 5.41) is 15.4. The number of nitrogens with one attached hydrogen (secondary N) is 1. The van der Waals surface area contributed by atoms with Crippen molar-refractivity contribution in [2.75, 3.05) is 20.3 Å². The predicted molar refractivity (Wildman–Crippen MR) is 143 cm³/mol. The Kier molecular flexibility index (Phi) is 7.27. The Labute approximate surface area is 218 Å². The summed E-state index contributed by atoms with van der Waals surface area (Å²) < 4.78 is 16.8. The largest absolute Gasteiger partial charge is 0.493 e. The van der Waals surface area contributed by atoms with Crippen LogP contribution >= 0.6 is 11.8 Å². The number of rotatable bonds is 9. The number of methoxy groups -OCH3 is 1. The Morgan fingerprint density at radius 1 is 1.00 bits per heavy atom. The molecule has 1 N–H and O–H groups in total. The number of hydrazone groups is 1. The molecular formula is C27H23N5O4S. The van der Waals surface area contributed by atoms with Crippen LogP contribution in [0.15, 0.2) is 88.7 Å². The molecule has 0 radical (unpaired) electrons. The lowest BCUT2D eigenvalue weighted by molar-refractivity contribution is -0.114. The lowest BCUT2D eigenvalue weighted by Crippen LogP contribution is -2.35. The third-order valence-corrected chi connectivity index (χ3v) is 6.40. The van der Waals surface area contributed by atoms with Crippen molar-refractivity contribution in [2.45, 2.75) is 6.42 Å². The molecule has 5 rings (SSSR count). The maximum atomic E-state index is 12.7. The number of para-hydroxylation sites is 2. The highest BCUT2D eigenvalue weighted by Crippen LogP contribution is 2.31. The van der Waals surface area contributed by atoms with Gasteiger partial charge in [0, 0.05) is 24.4 Å². The summed E-state index contributed by atoms with van der Waals surface area (Å²) in [5.74, 6) is 1.61. The van der Waals surface area contributed by atoms with E-state index < -0.39 is 5.91 Å². The van der Waals surface area contributed by atoms with E-state index in [9.17, 15) is 4.79 Å². The van der Waals surface area contributed by atoms with Gasteiger partial charge in [-0.15, -0.1) is 0 Å². The summed E-state index contributed by atoms with van der Waals surface area (Å²) in [6.07, 6.45) is 5.70. The number of pyridine rings is 1. The molecule has 0 saturated heterocycles. The van der Waals surface area contributed by atoms with Crippen molar-refractivity contribution < 1.29 is 19.0 Å². The van der Waals surface area contributed by atoms with Gasteiger partial charge in [-0.05, 0) is 59.8 Å². The number of aliphatic imine (C=N–C) groups is 1. The molecule has 2 aliphatic rings. The van der Waals surface area contributed by atoms with Crippen molar-refractivity contribution in [3.8, 4) is 17.2 Å². The van der Waals surface area contributed by atoms with Crippen molar-refractivity contribution in [3.63, 3.8) is 0 Å². The summed E-state index contributed by atoms with van der Waals surface area (Å²) in [5.41, 5.74) is 1.72. The Hall–Kier alpha value is -4.44. The van der Waals surface area contributed by atoms with Crippen molar-refractivity contribution in [1.82, 2.24) is 9.99 Å². The van der Waals surface area contributed by atoms with E-state index >= 15 is 0 Å². The number of carbonyl (C=O) groups is 1. The smallest absolute Gasteiger partial charge is 0.283 e. The molecule has 37 heavy (non-hydrogen) atoms. The molecule has 0 saturated carbocycles. The Morgan fingerprint density at radius 2 is 1.78 bits per heavy atom. The van der Waals surface area contributed by atoms with Gasteiger partial charge in [-0.3, -0.25) is 15.2 Å². The van der Waals surface area contributed by atoms with E-state index in [0.717, 1.165) is 11.1 Å². The minimum atomic E-state index is -0.471. The number of hydrogen-bond acceptors (Lipinski definition) is 8. The fourth-order valence-corrected chi connectivity index (χ4v) is 4.48. The molecular weight excluding hydrogens is 490 g/mol. The number of thioether (sulfide) groups is 1. The number of nitrogens with zero attached hydrogens (tertiary/aromatic N) is 4. The molecule has 3 aromatic rings. The third kappa shape index (κ3) is 5.54. The number of fused-ring (bicyclic) bond motifs is 1. The maximum Gasteiger partial charge on any atom is 0.283 e. The van der Waals surface area contributed by atoms with E-state index in [4.69, 9.17) is 19.6 Å². The fraction of sp³-hybridized carbons (Fsp3) is 0.148. The van der Waals surface area contributed by atoms with Gasteiger partial charge < -0.3 is 14.2 Å². The van der Waals surface area contributed by atoms with E-state index in [1.54, 1.807) is 25.6 Å². The van der Waals surface area contributed by atoms with Crippen molar-refractivity contribution in [3.05, 3.63) is 89.8 Å². The van der Waals surface area contributed by atoms with Gasteiger partial charge in [-0.25, -0.2) is 0 Å². The maximum absolute atomic E-state index is 12.7. The van der Waals surface area contributed by atoms with Crippen LogP contribution in [0.5, 0.6) is 17.2 Å². The molecule has 0 spiro atoms. The van der Waals surface area contributed by atoms with Crippen LogP contribution in [-0.4, -0.2) is 52.3 Å². The number of aromatic nitrogens is 1. The van der Waals surface area contributed by atoms with Crippen LogP contribution in [0, 0.1) is 5.41 Å². The molecule has 9 nitrogen and oxygen atoms in total. The van der Waals surface area contributed by atoms with Gasteiger partial charge in [-0.1, -0.05) is 24.3 Å². The Bertz CT molecular complexity index is 1400. The van der Waals surface area contributed by atoms with E-state index in [2.05, 4.69) is 15.1 Å². The van der Waals surface area contributed by atoms with Gasteiger partial charge in [0.25, 0.3) is 5.91 Å². The first-order valence-electron chi connectivity index (χ1n) is 11.5. The third-order valence-electron chi connectivity index (χ3n) is 5.44. The van der Waals surface area contributed by atoms with Crippen LogP contribution in [0.3, 0.4) is 0 Å². The van der Waals surface area contributed by atoms with Crippen molar-refractivity contribution >= 4 is 39.8 Å². The SMILES string of the molecule is COc1ccccc1OCCCOc1ccc(/C=C2/C(=N)N3N=C(c4cccnc4)SC3=NC2=O)cc1. The minimum absolute atomic E-state index is 0.0169. The van der Waals surface area contributed by atoms with E-state index in [1.807, 2.05) is 60.7 Å². The molecule has 10 heteroatoms. The summed E-state index contributed by atoms with van der Waals surface area (Å²) in [6.45, 7) is 0.983. The second-order valence-electron chi connectivity index (χ2n) is 7.94. The predicted octanol–water partition coefficient (Wildman–Crippen LogP) is 4.61. The average molecular weight is 514 g/mol. The second-order valence-corrected chi connectivity index (χ2v) is 8.89. The first-order valence-corrected chi connectivity index (χ1v) is 12.3. The summed E-state index contributed by atoms with van der Waals surface area (Å²) in [6, 6.07) is 18.5. The quantitative estimate of drug-likeness (QED) is 0.329. The van der Waals surface area contributed by atoms with Gasteiger partial charge in [0.05, 0.1) is 25.9 Å². The van der Waals surface area contributed by atoms with Crippen LogP contribution in [0.4, 0.5) is 0 Å². The van der Waals surface area contributed by atoms with Crippen LogP contribution < -0.4 is 14.2 Å². The number of hydrogen-bond donors (Lipinski definition) is 1. The lowest BCUT2D eigenvalue weighted by Gasteiger charge is -2.20. The molecule has 0 unspecified atom stereocenters. The second kappa shape index (κ2) is 11.1. The van der Waals surface area contributed by atoms with E-state index in [0.29, 0.717) is 47.1 Å². The fourth-order valence-electron chi connectivity index (χ4n) is 3.59. The number of benzene rings is 2. The van der Waals surface area contributed by atoms with Gasteiger partial charge >= 0.3 is 0 Å².